The van der Waals surface area contributed by atoms with E-state index in [4.69, 9.17) is 4.74 Å². The predicted octanol–water partition coefficient (Wildman–Crippen LogP) is 1.95. The third-order valence-electron chi connectivity index (χ3n) is 3.41. The van der Waals surface area contributed by atoms with Crippen molar-refractivity contribution in [2.45, 2.75) is 32.9 Å². The van der Waals surface area contributed by atoms with Crippen LogP contribution in [0.25, 0.3) is 0 Å². The van der Waals surface area contributed by atoms with Crippen molar-refractivity contribution in [2.24, 2.45) is 0 Å². The SMILES string of the molecule is Cc1ccccc1C(=O)NCC1CN(C(C)C)C(=O)O1. The van der Waals surface area contributed by atoms with Gasteiger partial charge >= 0.3 is 6.09 Å². The highest BCUT2D eigenvalue weighted by molar-refractivity contribution is 5.95. The summed E-state index contributed by atoms with van der Waals surface area (Å²) in [7, 11) is 0. The molecule has 0 radical (unpaired) electrons. The molecule has 108 valence electrons. The average Bonchev–Trinajstić information content (AvgIpc) is 2.78. The molecule has 1 unspecified atom stereocenters. The van der Waals surface area contributed by atoms with Crippen LogP contribution in [-0.4, -0.2) is 42.1 Å². The van der Waals surface area contributed by atoms with Gasteiger partial charge in [0.2, 0.25) is 0 Å². The minimum absolute atomic E-state index is 0.111. The summed E-state index contributed by atoms with van der Waals surface area (Å²) in [6.07, 6.45) is -0.590. The number of hydrogen-bond donors (Lipinski definition) is 1. The average molecular weight is 276 g/mol. The molecule has 1 atom stereocenters. The van der Waals surface area contributed by atoms with Crippen LogP contribution in [0.4, 0.5) is 4.79 Å². The predicted molar refractivity (Wildman–Crippen MR) is 75.6 cm³/mol. The number of ether oxygens (including phenoxy) is 1. The molecular formula is C15H20N2O3. The van der Waals surface area contributed by atoms with Crippen molar-refractivity contribution in [3.63, 3.8) is 0 Å². The van der Waals surface area contributed by atoms with E-state index in [0.717, 1.165) is 5.56 Å². The maximum absolute atomic E-state index is 12.1. The molecule has 2 rings (SSSR count). The fourth-order valence-corrected chi connectivity index (χ4v) is 2.20. The first-order chi connectivity index (χ1) is 9.49. The summed E-state index contributed by atoms with van der Waals surface area (Å²) in [6, 6.07) is 7.51. The molecule has 1 saturated heterocycles. The molecule has 1 aliphatic rings. The Hall–Kier alpha value is -2.04. The summed E-state index contributed by atoms with van der Waals surface area (Å²) in [4.78, 5) is 25.3. The molecule has 1 aromatic carbocycles. The minimum atomic E-state index is -0.310. The molecule has 1 heterocycles. The summed E-state index contributed by atoms with van der Waals surface area (Å²) in [5, 5.41) is 2.82. The summed E-state index contributed by atoms with van der Waals surface area (Å²) >= 11 is 0. The fourth-order valence-electron chi connectivity index (χ4n) is 2.20. The molecule has 2 amide bonds. The van der Waals surface area contributed by atoms with Crippen LogP contribution in [0.2, 0.25) is 0 Å². The van der Waals surface area contributed by atoms with Crippen molar-refractivity contribution >= 4 is 12.0 Å². The van der Waals surface area contributed by atoms with Gasteiger partial charge in [-0.3, -0.25) is 4.79 Å². The zero-order valence-electron chi connectivity index (χ0n) is 12.1. The highest BCUT2D eigenvalue weighted by Crippen LogP contribution is 2.14. The number of hydrogen-bond acceptors (Lipinski definition) is 3. The van der Waals surface area contributed by atoms with Gasteiger partial charge in [0, 0.05) is 11.6 Å². The van der Waals surface area contributed by atoms with E-state index in [2.05, 4.69) is 5.32 Å². The van der Waals surface area contributed by atoms with Crippen molar-refractivity contribution < 1.29 is 14.3 Å². The lowest BCUT2D eigenvalue weighted by molar-refractivity contribution is 0.0913. The molecule has 20 heavy (non-hydrogen) atoms. The van der Waals surface area contributed by atoms with Crippen LogP contribution < -0.4 is 5.32 Å². The van der Waals surface area contributed by atoms with Gasteiger partial charge in [0.25, 0.3) is 5.91 Å². The van der Waals surface area contributed by atoms with E-state index in [-0.39, 0.29) is 24.1 Å². The molecular weight excluding hydrogens is 256 g/mol. The molecule has 5 heteroatoms. The Morgan fingerprint density at radius 1 is 1.45 bits per heavy atom. The van der Waals surface area contributed by atoms with E-state index in [1.54, 1.807) is 11.0 Å². The van der Waals surface area contributed by atoms with Gasteiger partial charge in [0.1, 0.15) is 6.10 Å². The van der Waals surface area contributed by atoms with Gasteiger partial charge in [-0.2, -0.15) is 0 Å². The standard InChI is InChI=1S/C15H20N2O3/c1-10(2)17-9-12(20-15(17)19)8-16-14(18)13-7-5-4-6-11(13)3/h4-7,10,12H,8-9H2,1-3H3,(H,16,18). The molecule has 0 bridgehead atoms. The Labute approximate surface area is 118 Å². The van der Waals surface area contributed by atoms with Gasteiger partial charge in [-0.25, -0.2) is 4.79 Å². The van der Waals surface area contributed by atoms with Gasteiger partial charge in [-0.05, 0) is 32.4 Å². The van der Waals surface area contributed by atoms with Crippen LogP contribution in [0.3, 0.4) is 0 Å². The van der Waals surface area contributed by atoms with Crippen molar-refractivity contribution in [3.05, 3.63) is 35.4 Å². The highest BCUT2D eigenvalue weighted by Gasteiger charge is 2.32. The smallest absolute Gasteiger partial charge is 0.410 e. The summed E-state index contributed by atoms with van der Waals surface area (Å²) < 4.78 is 5.22. The third-order valence-corrected chi connectivity index (χ3v) is 3.41. The number of cyclic esters (lactones) is 1. The Morgan fingerprint density at radius 3 is 2.75 bits per heavy atom. The van der Waals surface area contributed by atoms with Gasteiger partial charge in [-0.15, -0.1) is 0 Å². The molecule has 0 spiro atoms. The largest absolute Gasteiger partial charge is 0.442 e. The maximum Gasteiger partial charge on any atom is 0.410 e. The maximum atomic E-state index is 12.1. The molecule has 5 nitrogen and oxygen atoms in total. The van der Waals surface area contributed by atoms with Crippen LogP contribution in [0.15, 0.2) is 24.3 Å². The molecule has 0 aromatic heterocycles. The van der Waals surface area contributed by atoms with E-state index < -0.39 is 0 Å². The Morgan fingerprint density at radius 2 is 2.15 bits per heavy atom. The van der Waals surface area contributed by atoms with Crippen LogP contribution >= 0.6 is 0 Å². The number of benzene rings is 1. The van der Waals surface area contributed by atoms with Crippen molar-refractivity contribution in [2.75, 3.05) is 13.1 Å². The van der Waals surface area contributed by atoms with E-state index in [9.17, 15) is 9.59 Å². The number of rotatable bonds is 4. The number of nitrogens with one attached hydrogen (secondary N) is 1. The van der Waals surface area contributed by atoms with Gasteiger partial charge < -0.3 is 15.0 Å². The lowest BCUT2D eigenvalue weighted by Gasteiger charge is -2.16. The molecule has 0 saturated carbocycles. The number of amides is 2. The number of carbonyl (C=O) groups is 2. The normalized spacial score (nSPS) is 18.3. The van der Waals surface area contributed by atoms with E-state index in [0.29, 0.717) is 18.7 Å². The first-order valence-electron chi connectivity index (χ1n) is 6.80. The van der Waals surface area contributed by atoms with E-state index in [1.165, 1.54) is 0 Å². The van der Waals surface area contributed by atoms with Crippen molar-refractivity contribution in [1.29, 1.82) is 0 Å². The second kappa shape index (κ2) is 5.94. The number of carbonyl (C=O) groups excluding carboxylic acids is 2. The molecule has 1 aromatic rings. The topological polar surface area (TPSA) is 58.6 Å². The van der Waals surface area contributed by atoms with Crippen LogP contribution in [0.1, 0.15) is 29.8 Å². The second-order valence-electron chi connectivity index (χ2n) is 5.28. The number of nitrogens with zero attached hydrogens (tertiary/aromatic N) is 1. The Kier molecular flexibility index (Phi) is 4.27. The Bertz CT molecular complexity index is 514. The third kappa shape index (κ3) is 3.10. The first-order valence-corrected chi connectivity index (χ1v) is 6.80. The molecule has 1 aliphatic heterocycles. The van der Waals surface area contributed by atoms with E-state index in [1.807, 2.05) is 39.0 Å². The van der Waals surface area contributed by atoms with Crippen LogP contribution in [0.5, 0.6) is 0 Å². The molecule has 1 N–H and O–H groups in total. The minimum Gasteiger partial charge on any atom is -0.442 e. The van der Waals surface area contributed by atoms with E-state index >= 15 is 0 Å². The van der Waals surface area contributed by atoms with Crippen LogP contribution in [-0.2, 0) is 4.74 Å². The summed E-state index contributed by atoms with van der Waals surface area (Å²) in [5.41, 5.74) is 1.58. The van der Waals surface area contributed by atoms with Gasteiger partial charge in [0.05, 0.1) is 13.1 Å². The zero-order chi connectivity index (χ0) is 14.7. The monoisotopic (exact) mass is 276 g/mol. The highest BCUT2D eigenvalue weighted by atomic mass is 16.6. The van der Waals surface area contributed by atoms with Gasteiger partial charge in [-0.1, -0.05) is 18.2 Å². The lowest BCUT2D eigenvalue weighted by Crippen LogP contribution is -2.36. The van der Waals surface area contributed by atoms with Crippen molar-refractivity contribution in [3.8, 4) is 0 Å². The first kappa shape index (κ1) is 14.4. The zero-order valence-corrected chi connectivity index (χ0v) is 12.1. The van der Waals surface area contributed by atoms with Crippen molar-refractivity contribution in [1.82, 2.24) is 10.2 Å². The quantitative estimate of drug-likeness (QED) is 0.914. The van der Waals surface area contributed by atoms with Gasteiger partial charge in [0.15, 0.2) is 0 Å². The second-order valence-corrected chi connectivity index (χ2v) is 5.28. The van der Waals surface area contributed by atoms with Crippen LogP contribution in [0, 0.1) is 6.92 Å². The lowest BCUT2D eigenvalue weighted by atomic mass is 10.1. The molecule has 0 aliphatic carbocycles. The molecule has 1 fully saturated rings. The Balaban J connectivity index is 1.89. The summed E-state index contributed by atoms with van der Waals surface area (Å²) in [6.45, 7) is 6.63. The summed E-state index contributed by atoms with van der Waals surface area (Å²) in [5.74, 6) is -0.137. The number of aryl methyl sites for hydroxylation is 1. The fraction of sp³-hybridized carbons (Fsp3) is 0.467.